The number of likely N-dealkylation sites (tertiary alicyclic amines) is 3. The van der Waals surface area contributed by atoms with Crippen LogP contribution in [0.25, 0.3) is 0 Å². The Morgan fingerprint density at radius 1 is 0.446 bits per heavy atom. The molecular weight excluding hydrogens is 969 g/mol. The summed E-state index contributed by atoms with van der Waals surface area (Å²) in [6.45, 7) is 18.2. The molecule has 0 spiro atoms. The first kappa shape index (κ1) is 67.9. The maximum absolute atomic E-state index is 12.6. The van der Waals surface area contributed by atoms with E-state index >= 15 is 0 Å². The van der Waals surface area contributed by atoms with E-state index in [1.54, 1.807) is 59.7 Å². The minimum absolute atomic E-state index is 0. The molecule has 3 aliphatic heterocycles. The molecule has 0 aliphatic carbocycles. The average molecular weight is 1050 g/mol. The Labute approximate surface area is 483 Å². The van der Waals surface area contributed by atoms with Gasteiger partial charge in [0.15, 0.2) is 0 Å². The molecule has 3 saturated heterocycles. The zero-order valence-corrected chi connectivity index (χ0v) is 50.3. The van der Waals surface area contributed by atoms with Gasteiger partial charge in [-0.1, -0.05) is 91.0 Å². The summed E-state index contributed by atoms with van der Waals surface area (Å²) in [6.07, 6.45) is 6.49. The second-order valence-electron chi connectivity index (χ2n) is 21.2. The van der Waals surface area contributed by atoms with Gasteiger partial charge in [-0.25, -0.2) is 14.4 Å². The topological polar surface area (TPSA) is 211 Å². The Morgan fingerprint density at radius 2 is 0.689 bits per heavy atom. The van der Waals surface area contributed by atoms with Crippen molar-refractivity contribution < 1.29 is 122 Å². The number of benzene rings is 3. The largest absolute Gasteiger partial charge is 1.00 e. The molecule has 3 heterocycles. The molecule has 74 heavy (non-hydrogen) atoms. The molecule has 1 N–H and O–H groups in total. The van der Waals surface area contributed by atoms with Crippen LogP contribution in [0.5, 0.6) is 0 Å². The molecule has 398 valence electrons. The van der Waals surface area contributed by atoms with Crippen LogP contribution in [-0.2, 0) is 38.1 Å². The van der Waals surface area contributed by atoms with Crippen LogP contribution in [0.4, 0.5) is 14.4 Å². The third-order valence-electron chi connectivity index (χ3n) is 12.3. The van der Waals surface area contributed by atoms with E-state index in [2.05, 4.69) is 0 Å². The van der Waals surface area contributed by atoms with Gasteiger partial charge in [0.1, 0.15) is 28.6 Å². The van der Waals surface area contributed by atoms with E-state index in [1.807, 2.05) is 108 Å². The van der Waals surface area contributed by atoms with Crippen LogP contribution in [0.15, 0.2) is 91.0 Å². The monoisotopic (exact) mass is 1050 g/mol. The van der Waals surface area contributed by atoms with Gasteiger partial charge in [0.2, 0.25) is 0 Å². The van der Waals surface area contributed by atoms with Crippen molar-refractivity contribution in [3.8, 4) is 0 Å². The van der Waals surface area contributed by atoms with Crippen LogP contribution in [0.1, 0.15) is 155 Å². The number of carboxylic acid groups (broad SMARTS) is 1. The van der Waals surface area contributed by atoms with Crippen molar-refractivity contribution in [2.45, 2.75) is 173 Å². The van der Waals surface area contributed by atoms with Gasteiger partial charge >= 0.3 is 89.3 Å². The fourth-order valence-corrected chi connectivity index (χ4v) is 9.33. The number of piperidine rings is 3. The van der Waals surface area contributed by atoms with E-state index < -0.39 is 52.7 Å². The molecule has 18 heteroatoms. The number of carboxylic acids is 1. The van der Waals surface area contributed by atoms with Gasteiger partial charge < -0.3 is 53.8 Å². The van der Waals surface area contributed by atoms with E-state index in [1.165, 1.54) is 14.2 Å². The van der Waals surface area contributed by atoms with Gasteiger partial charge in [-0.2, -0.15) is 0 Å². The summed E-state index contributed by atoms with van der Waals surface area (Å²) in [6, 6.07) is 27.0. The predicted octanol–water partition coefficient (Wildman–Crippen LogP) is 3.61. The van der Waals surface area contributed by atoms with Gasteiger partial charge in [-0.15, -0.1) is 0 Å². The predicted molar refractivity (Wildman–Crippen MR) is 270 cm³/mol. The molecule has 6 atom stereocenters. The van der Waals surface area contributed by atoms with Crippen molar-refractivity contribution in [3.05, 3.63) is 108 Å². The molecule has 0 aromatic heterocycles. The van der Waals surface area contributed by atoms with Gasteiger partial charge in [0.05, 0.1) is 32.3 Å². The summed E-state index contributed by atoms with van der Waals surface area (Å²) in [5.41, 5.74) is 0.657. The normalized spacial score (nSPS) is 18.9. The number of amides is 3. The summed E-state index contributed by atoms with van der Waals surface area (Å²) < 4.78 is 26.6. The number of methoxy groups -OCH3 is 2. The van der Waals surface area contributed by atoms with E-state index in [0.29, 0.717) is 31.6 Å². The standard InChI is InChI=1S/2C19H27NO4.C18H25NO4.2Na.H2O/c2*1-19(2,3)24-18(22)20-13-9-8-12-15(20)16(17(21)23-4)14-10-6-5-7-11-14;1-18(2,3)23-17(22)19-12-8-7-11-14(19)15(16(20)21)13-9-5-4-6-10-13;;;/h2*5-7,10-11,15-16H,8-9,12-13H2,1-4H3;4-6,9-10,14-15H,7-8,11-12H2,1-3H3,(H,20,21);;;1H2/q;;;2*+1;/p-2. The molecule has 16 nitrogen and oxygen atoms in total. The van der Waals surface area contributed by atoms with Crippen molar-refractivity contribution in [2.24, 2.45) is 0 Å². The number of esters is 2. The number of hydrogen-bond donors (Lipinski definition) is 0. The summed E-state index contributed by atoms with van der Waals surface area (Å²) in [4.78, 5) is 79.4. The summed E-state index contributed by atoms with van der Waals surface area (Å²) in [7, 11) is 2.78. The molecule has 3 aliphatic rings. The molecule has 0 saturated carbocycles. The van der Waals surface area contributed by atoms with Gasteiger partial charge in [0, 0.05) is 31.6 Å². The second kappa shape index (κ2) is 31.8. The van der Waals surface area contributed by atoms with E-state index in [9.17, 15) is 33.9 Å². The summed E-state index contributed by atoms with van der Waals surface area (Å²) >= 11 is 0. The van der Waals surface area contributed by atoms with Crippen molar-refractivity contribution in [1.29, 1.82) is 0 Å². The zero-order valence-electron chi connectivity index (χ0n) is 46.3. The van der Waals surface area contributed by atoms with Crippen molar-refractivity contribution >= 4 is 36.2 Å². The Balaban J connectivity index is 0.000000544. The van der Waals surface area contributed by atoms with Crippen LogP contribution in [-0.4, -0.2) is 125 Å². The Hall–Kier alpha value is -4.16. The minimum Gasteiger partial charge on any atom is -0.870 e. The van der Waals surface area contributed by atoms with Gasteiger partial charge in [0.25, 0.3) is 0 Å². The van der Waals surface area contributed by atoms with Crippen LogP contribution in [0.2, 0.25) is 0 Å². The van der Waals surface area contributed by atoms with E-state index in [-0.39, 0.29) is 101 Å². The Morgan fingerprint density at radius 3 is 0.919 bits per heavy atom. The zero-order chi connectivity index (χ0) is 52.5. The van der Waals surface area contributed by atoms with E-state index in [4.69, 9.17) is 23.7 Å². The fraction of sp³-hybridized carbons (Fsp3) is 0.571. The maximum Gasteiger partial charge on any atom is 1.00 e. The smallest absolute Gasteiger partial charge is 0.870 e. The molecule has 0 radical (unpaired) electrons. The first-order chi connectivity index (χ1) is 33.5. The number of carbonyl (C=O) groups excluding carboxylic acids is 6. The Kier molecular flexibility index (Phi) is 29.1. The second-order valence-corrected chi connectivity index (χ2v) is 21.2. The number of hydrogen-bond acceptors (Lipinski definition) is 13. The van der Waals surface area contributed by atoms with Crippen LogP contribution in [0.3, 0.4) is 0 Å². The van der Waals surface area contributed by atoms with Crippen LogP contribution >= 0.6 is 0 Å². The van der Waals surface area contributed by atoms with Crippen molar-refractivity contribution in [2.75, 3.05) is 33.9 Å². The number of carbonyl (C=O) groups is 6. The van der Waals surface area contributed by atoms with E-state index in [0.717, 1.165) is 62.5 Å². The molecule has 6 rings (SSSR count). The molecule has 3 aromatic rings. The summed E-state index contributed by atoms with van der Waals surface area (Å²) in [5, 5.41) is 11.8. The SMILES string of the molecule is CC(C)(C)OC(=O)N1CCCCC1C(C(=O)[O-])c1ccccc1.COC(=O)C(c1ccccc1)C1CCCCN1C(=O)OC(C)(C)C.COC(=O)C(c1ccccc1)C1CCCCN1C(=O)OC(C)(C)C.[Na+].[Na+].[OH-]. The molecule has 3 aromatic carbocycles. The van der Waals surface area contributed by atoms with Crippen molar-refractivity contribution in [3.63, 3.8) is 0 Å². The first-order valence-corrected chi connectivity index (χ1v) is 25.0. The number of ether oxygens (including phenoxy) is 5. The molecular formula is C56H79N3Na2O13. The van der Waals surface area contributed by atoms with Crippen LogP contribution < -0.4 is 64.2 Å². The molecule has 0 bridgehead atoms. The molecule has 3 fully saturated rings. The third-order valence-corrected chi connectivity index (χ3v) is 12.3. The molecule has 6 unspecified atom stereocenters. The van der Waals surface area contributed by atoms with Crippen molar-refractivity contribution in [1.82, 2.24) is 14.7 Å². The quantitative estimate of drug-likeness (QED) is 0.171. The average Bonchev–Trinajstić information content (AvgIpc) is 3.32. The number of aliphatic carboxylic acids is 1. The Bertz CT molecular complexity index is 2080. The summed E-state index contributed by atoms with van der Waals surface area (Å²) in [5.74, 6) is -3.63. The third kappa shape index (κ3) is 21.1. The molecule has 3 amide bonds. The number of rotatable bonds is 9. The van der Waals surface area contributed by atoms with Gasteiger partial charge in [-0.3, -0.25) is 9.59 Å². The van der Waals surface area contributed by atoms with Crippen LogP contribution in [0, 0.1) is 0 Å². The number of nitrogens with zero attached hydrogens (tertiary/aromatic N) is 3. The minimum atomic E-state index is -1.16. The first-order valence-electron chi connectivity index (χ1n) is 25.0. The maximum atomic E-state index is 12.6. The fourth-order valence-electron chi connectivity index (χ4n) is 9.33. The van der Waals surface area contributed by atoms with Gasteiger partial charge in [-0.05, 0) is 137 Å².